The van der Waals surface area contributed by atoms with Crippen LogP contribution in [0.4, 0.5) is 4.39 Å². The monoisotopic (exact) mass is 222 g/mol. The minimum Gasteiger partial charge on any atom is -0.327 e. The lowest BCUT2D eigenvalue weighted by atomic mass is 9.87. The van der Waals surface area contributed by atoms with Crippen LogP contribution in [-0.4, -0.2) is 19.1 Å². The van der Waals surface area contributed by atoms with Gasteiger partial charge in [0.05, 0.1) is 0 Å². The van der Waals surface area contributed by atoms with Crippen LogP contribution in [0.1, 0.15) is 18.4 Å². The van der Waals surface area contributed by atoms with Gasteiger partial charge < -0.3 is 11.1 Å². The lowest BCUT2D eigenvalue weighted by Gasteiger charge is -2.28. The van der Waals surface area contributed by atoms with Gasteiger partial charge in [-0.1, -0.05) is 18.2 Å². The Bertz CT molecular complexity index is 334. The molecular formula is C13H19FN2. The molecule has 0 radical (unpaired) electrons. The molecular weight excluding hydrogens is 203 g/mol. The van der Waals surface area contributed by atoms with E-state index in [2.05, 4.69) is 5.32 Å². The molecule has 1 aromatic carbocycles. The Balaban J connectivity index is 1.96. The highest BCUT2D eigenvalue weighted by molar-refractivity contribution is 5.18. The first-order chi connectivity index (χ1) is 7.77. The maximum Gasteiger partial charge on any atom is 0.126 e. The van der Waals surface area contributed by atoms with E-state index < -0.39 is 0 Å². The van der Waals surface area contributed by atoms with E-state index in [1.165, 1.54) is 6.07 Å². The van der Waals surface area contributed by atoms with Crippen molar-refractivity contribution in [1.82, 2.24) is 5.32 Å². The van der Waals surface area contributed by atoms with Crippen LogP contribution < -0.4 is 11.1 Å². The van der Waals surface area contributed by atoms with Gasteiger partial charge in [-0.15, -0.1) is 0 Å². The SMILES string of the molecule is NC(Cc1ccccc1F)C1CCNCC1. The van der Waals surface area contributed by atoms with E-state index >= 15 is 0 Å². The second kappa shape index (κ2) is 5.41. The third-order valence-electron chi connectivity index (χ3n) is 3.40. The number of hydrogen-bond acceptors (Lipinski definition) is 2. The Labute approximate surface area is 96.0 Å². The lowest BCUT2D eigenvalue weighted by molar-refractivity contribution is 0.315. The van der Waals surface area contributed by atoms with Gasteiger partial charge in [0.2, 0.25) is 0 Å². The van der Waals surface area contributed by atoms with Crippen molar-refractivity contribution in [3.05, 3.63) is 35.6 Å². The molecule has 0 spiro atoms. The fourth-order valence-electron chi connectivity index (χ4n) is 2.36. The van der Waals surface area contributed by atoms with E-state index in [0.717, 1.165) is 31.5 Å². The summed E-state index contributed by atoms with van der Waals surface area (Å²) in [4.78, 5) is 0. The molecule has 2 nitrogen and oxygen atoms in total. The molecule has 3 heteroatoms. The highest BCUT2D eigenvalue weighted by Crippen LogP contribution is 2.19. The largest absolute Gasteiger partial charge is 0.327 e. The number of nitrogens with one attached hydrogen (secondary N) is 1. The van der Waals surface area contributed by atoms with Crippen molar-refractivity contribution >= 4 is 0 Å². The quantitative estimate of drug-likeness (QED) is 0.817. The second-order valence-corrected chi connectivity index (χ2v) is 4.55. The van der Waals surface area contributed by atoms with E-state index in [4.69, 9.17) is 5.73 Å². The molecule has 1 fully saturated rings. The number of nitrogens with two attached hydrogens (primary N) is 1. The fourth-order valence-corrected chi connectivity index (χ4v) is 2.36. The first-order valence-corrected chi connectivity index (χ1v) is 5.97. The van der Waals surface area contributed by atoms with Crippen LogP contribution in [-0.2, 0) is 6.42 Å². The molecule has 3 N–H and O–H groups in total. The van der Waals surface area contributed by atoms with Crippen molar-refractivity contribution in [2.75, 3.05) is 13.1 Å². The van der Waals surface area contributed by atoms with Gasteiger partial charge in [0.25, 0.3) is 0 Å². The zero-order chi connectivity index (χ0) is 11.4. The van der Waals surface area contributed by atoms with Crippen molar-refractivity contribution in [1.29, 1.82) is 0 Å². The molecule has 0 bridgehead atoms. The molecule has 1 heterocycles. The van der Waals surface area contributed by atoms with Crippen LogP contribution in [0, 0.1) is 11.7 Å². The van der Waals surface area contributed by atoms with Gasteiger partial charge in [0.1, 0.15) is 5.82 Å². The van der Waals surface area contributed by atoms with Gasteiger partial charge in [-0.3, -0.25) is 0 Å². The molecule has 1 unspecified atom stereocenters. The fraction of sp³-hybridized carbons (Fsp3) is 0.538. The minimum absolute atomic E-state index is 0.0824. The van der Waals surface area contributed by atoms with Crippen LogP contribution in [0.5, 0.6) is 0 Å². The van der Waals surface area contributed by atoms with E-state index in [9.17, 15) is 4.39 Å². The summed E-state index contributed by atoms with van der Waals surface area (Å²) in [7, 11) is 0. The van der Waals surface area contributed by atoms with Crippen molar-refractivity contribution in [2.24, 2.45) is 11.7 Å². The normalized spacial score (nSPS) is 19.6. The predicted octanol–water partition coefficient (Wildman–Crippen LogP) is 1.70. The molecule has 1 atom stereocenters. The molecule has 0 aliphatic carbocycles. The average Bonchev–Trinajstić information content (AvgIpc) is 2.33. The van der Waals surface area contributed by atoms with Crippen LogP contribution in [0.15, 0.2) is 24.3 Å². The van der Waals surface area contributed by atoms with E-state index in [0.29, 0.717) is 12.3 Å². The maximum atomic E-state index is 13.4. The highest BCUT2D eigenvalue weighted by atomic mass is 19.1. The summed E-state index contributed by atoms with van der Waals surface area (Å²) in [6, 6.07) is 7.00. The third-order valence-corrected chi connectivity index (χ3v) is 3.40. The summed E-state index contributed by atoms with van der Waals surface area (Å²) in [5, 5.41) is 3.32. The molecule has 0 saturated carbocycles. The summed E-state index contributed by atoms with van der Waals surface area (Å²) in [5.41, 5.74) is 6.90. The molecule has 0 amide bonds. The van der Waals surface area contributed by atoms with Crippen molar-refractivity contribution < 1.29 is 4.39 Å². The van der Waals surface area contributed by atoms with Crippen LogP contribution in [0.2, 0.25) is 0 Å². The number of benzene rings is 1. The van der Waals surface area contributed by atoms with Gasteiger partial charge in [-0.25, -0.2) is 4.39 Å². The maximum absolute atomic E-state index is 13.4. The van der Waals surface area contributed by atoms with E-state index in [-0.39, 0.29) is 11.9 Å². The molecule has 0 aromatic heterocycles. The van der Waals surface area contributed by atoms with Gasteiger partial charge in [-0.2, -0.15) is 0 Å². The van der Waals surface area contributed by atoms with E-state index in [1.807, 2.05) is 12.1 Å². The molecule has 16 heavy (non-hydrogen) atoms. The molecule has 88 valence electrons. The van der Waals surface area contributed by atoms with Crippen LogP contribution in [0.3, 0.4) is 0 Å². The van der Waals surface area contributed by atoms with Crippen LogP contribution >= 0.6 is 0 Å². The van der Waals surface area contributed by atoms with Crippen LogP contribution in [0.25, 0.3) is 0 Å². The molecule has 1 aliphatic rings. The predicted molar refractivity (Wildman–Crippen MR) is 63.7 cm³/mol. The number of hydrogen-bond donors (Lipinski definition) is 2. The Morgan fingerprint density at radius 2 is 2.00 bits per heavy atom. The van der Waals surface area contributed by atoms with Gasteiger partial charge in [0.15, 0.2) is 0 Å². The summed E-state index contributed by atoms with van der Waals surface area (Å²) >= 11 is 0. The first-order valence-electron chi connectivity index (χ1n) is 5.97. The van der Waals surface area contributed by atoms with Gasteiger partial charge in [-0.05, 0) is 49.9 Å². The Morgan fingerprint density at radius 3 is 2.69 bits per heavy atom. The smallest absolute Gasteiger partial charge is 0.126 e. The Hall–Kier alpha value is -0.930. The zero-order valence-electron chi connectivity index (χ0n) is 9.45. The number of rotatable bonds is 3. The van der Waals surface area contributed by atoms with E-state index in [1.54, 1.807) is 6.07 Å². The van der Waals surface area contributed by atoms with Crippen molar-refractivity contribution in [3.63, 3.8) is 0 Å². The topological polar surface area (TPSA) is 38.0 Å². The van der Waals surface area contributed by atoms with Crippen molar-refractivity contribution in [3.8, 4) is 0 Å². The molecule has 1 aliphatic heterocycles. The minimum atomic E-state index is -0.133. The molecule has 1 aromatic rings. The number of piperidine rings is 1. The average molecular weight is 222 g/mol. The van der Waals surface area contributed by atoms with Gasteiger partial charge in [0, 0.05) is 6.04 Å². The Kier molecular flexibility index (Phi) is 3.91. The first kappa shape index (κ1) is 11.6. The second-order valence-electron chi connectivity index (χ2n) is 4.55. The zero-order valence-corrected chi connectivity index (χ0v) is 9.45. The molecule has 1 saturated heterocycles. The number of halogens is 1. The third kappa shape index (κ3) is 2.80. The Morgan fingerprint density at radius 1 is 1.31 bits per heavy atom. The summed E-state index contributed by atoms with van der Waals surface area (Å²) in [6.07, 6.45) is 2.86. The summed E-state index contributed by atoms with van der Waals surface area (Å²) in [5.74, 6) is 0.396. The highest BCUT2D eigenvalue weighted by Gasteiger charge is 2.21. The standard InChI is InChI=1S/C13H19FN2/c14-12-4-2-1-3-11(12)9-13(15)10-5-7-16-8-6-10/h1-4,10,13,16H,5-9,15H2. The summed E-state index contributed by atoms with van der Waals surface area (Å²) < 4.78 is 13.4. The molecule has 2 rings (SSSR count). The van der Waals surface area contributed by atoms with Gasteiger partial charge >= 0.3 is 0 Å². The van der Waals surface area contributed by atoms with Crippen molar-refractivity contribution in [2.45, 2.75) is 25.3 Å². The lowest BCUT2D eigenvalue weighted by Crippen LogP contribution is -2.39. The summed E-state index contributed by atoms with van der Waals surface area (Å²) in [6.45, 7) is 2.07.